The molecule has 25 heavy (non-hydrogen) atoms. The smallest absolute Gasteiger partial charge is 0.247 e. The number of benzene rings is 1. The molecule has 4 bridgehead atoms. The van der Waals surface area contributed by atoms with Gasteiger partial charge in [-0.05, 0) is 80.5 Å². The van der Waals surface area contributed by atoms with Gasteiger partial charge in [0.2, 0.25) is 17.7 Å². The van der Waals surface area contributed by atoms with Crippen molar-refractivity contribution in [3.8, 4) is 11.5 Å². The van der Waals surface area contributed by atoms with Crippen LogP contribution in [0.1, 0.15) is 44.4 Å². The zero-order valence-electron chi connectivity index (χ0n) is 14.5. The Morgan fingerprint density at radius 3 is 2.16 bits per heavy atom. The topological polar surface area (TPSA) is 68.0 Å². The lowest BCUT2D eigenvalue weighted by Gasteiger charge is -2.55. The Morgan fingerprint density at radius 1 is 1.04 bits per heavy atom. The average Bonchev–Trinajstić information content (AvgIpc) is 3.01. The van der Waals surface area contributed by atoms with Gasteiger partial charge in [0, 0.05) is 18.2 Å². The Labute approximate surface area is 147 Å². The van der Waals surface area contributed by atoms with Gasteiger partial charge < -0.3 is 9.73 Å². The molecular weight excluding hydrogens is 314 g/mol. The van der Waals surface area contributed by atoms with Crippen molar-refractivity contribution in [3.05, 3.63) is 30.2 Å². The van der Waals surface area contributed by atoms with Gasteiger partial charge in [-0.3, -0.25) is 4.79 Å². The van der Waals surface area contributed by atoms with Crippen molar-refractivity contribution in [1.29, 1.82) is 0 Å². The van der Waals surface area contributed by atoms with E-state index >= 15 is 0 Å². The van der Waals surface area contributed by atoms with E-state index in [4.69, 9.17) is 4.42 Å². The number of aryl methyl sites for hydroxylation is 1. The van der Waals surface area contributed by atoms with Crippen LogP contribution >= 0.6 is 0 Å². The monoisotopic (exact) mass is 337 g/mol. The number of hydrogen-bond donors (Lipinski definition) is 1. The van der Waals surface area contributed by atoms with E-state index in [0.717, 1.165) is 48.3 Å². The van der Waals surface area contributed by atoms with Crippen LogP contribution in [-0.2, 0) is 4.79 Å². The first kappa shape index (κ1) is 15.1. The third-order valence-corrected chi connectivity index (χ3v) is 6.44. The summed E-state index contributed by atoms with van der Waals surface area (Å²) in [7, 11) is 0. The molecule has 4 saturated carbocycles. The molecule has 6 rings (SSSR count). The van der Waals surface area contributed by atoms with Crippen molar-refractivity contribution in [2.75, 3.05) is 5.32 Å². The van der Waals surface area contributed by atoms with Gasteiger partial charge in [0.1, 0.15) is 0 Å². The summed E-state index contributed by atoms with van der Waals surface area (Å²) in [5.41, 5.74) is 1.60. The van der Waals surface area contributed by atoms with E-state index in [9.17, 15) is 4.79 Å². The SMILES string of the molecule is Cc1nnc(-c2ccc(NC(=O)C34CC5CC(CC(C5)C3)C4)cc2)o1. The van der Waals surface area contributed by atoms with E-state index in [0.29, 0.717) is 11.8 Å². The van der Waals surface area contributed by atoms with Crippen molar-refractivity contribution < 1.29 is 9.21 Å². The van der Waals surface area contributed by atoms with Gasteiger partial charge in [-0.15, -0.1) is 10.2 Å². The number of carbonyl (C=O) groups is 1. The maximum absolute atomic E-state index is 13.1. The Morgan fingerprint density at radius 2 is 1.64 bits per heavy atom. The van der Waals surface area contributed by atoms with Crippen LogP contribution in [0, 0.1) is 30.1 Å². The van der Waals surface area contributed by atoms with Crippen LogP contribution in [-0.4, -0.2) is 16.1 Å². The molecule has 1 amide bonds. The second kappa shape index (κ2) is 5.41. The summed E-state index contributed by atoms with van der Waals surface area (Å²) in [4.78, 5) is 13.1. The zero-order chi connectivity index (χ0) is 17.0. The van der Waals surface area contributed by atoms with Crippen LogP contribution in [0.3, 0.4) is 0 Å². The second-order valence-corrected chi connectivity index (χ2v) is 8.36. The summed E-state index contributed by atoms with van der Waals surface area (Å²) in [6, 6.07) is 7.69. The van der Waals surface area contributed by atoms with Gasteiger partial charge in [-0.25, -0.2) is 0 Å². The number of nitrogens with zero attached hydrogens (tertiary/aromatic N) is 2. The molecule has 0 spiro atoms. The highest BCUT2D eigenvalue weighted by Crippen LogP contribution is 2.60. The van der Waals surface area contributed by atoms with Crippen LogP contribution in [0.4, 0.5) is 5.69 Å². The normalized spacial score (nSPS) is 32.8. The summed E-state index contributed by atoms with van der Waals surface area (Å²) in [6.45, 7) is 1.77. The van der Waals surface area contributed by atoms with Crippen LogP contribution in [0.2, 0.25) is 0 Å². The molecule has 1 heterocycles. The quantitative estimate of drug-likeness (QED) is 0.911. The summed E-state index contributed by atoms with van der Waals surface area (Å²) in [5, 5.41) is 11.1. The Balaban J connectivity index is 1.33. The first-order chi connectivity index (χ1) is 12.1. The largest absolute Gasteiger partial charge is 0.421 e. The van der Waals surface area contributed by atoms with Gasteiger partial charge in [0.25, 0.3) is 0 Å². The Hall–Kier alpha value is -2.17. The number of carbonyl (C=O) groups excluding carboxylic acids is 1. The summed E-state index contributed by atoms with van der Waals surface area (Å²) < 4.78 is 5.45. The van der Waals surface area contributed by atoms with Crippen molar-refractivity contribution >= 4 is 11.6 Å². The number of anilines is 1. The van der Waals surface area contributed by atoms with Crippen molar-refractivity contribution in [3.63, 3.8) is 0 Å². The number of rotatable bonds is 3. The molecule has 0 aliphatic heterocycles. The van der Waals surface area contributed by atoms with Crippen LogP contribution in [0.15, 0.2) is 28.7 Å². The minimum Gasteiger partial charge on any atom is -0.421 e. The van der Waals surface area contributed by atoms with Crippen molar-refractivity contribution in [2.24, 2.45) is 23.2 Å². The lowest BCUT2D eigenvalue weighted by Crippen LogP contribution is -2.51. The third-order valence-electron chi connectivity index (χ3n) is 6.44. The highest BCUT2D eigenvalue weighted by Gasteiger charge is 2.54. The molecular formula is C20H23N3O2. The first-order valence-electron chi connectivity index (χ1n) is 9.32. The summed E-state index contributed by atoms with van der Waals surface area (Å²) >= 11 is 0. The number of amides is 1. The summed E-state index contributed by atoms with van der Waals surface area (Å²) in [5.74, 6) is 3.62. The Bertz CT molecular complexity index is 773. The lowest BCUT2D eigenvalue weighted by molar-refractivity contribution is -0.140. The predicted octanol–water partition coefficient (Wildman–Crippen LogP) is 4.20. The Kier molecular flexibility index (Phi) is 3.27. The highest BCUT2D eigenvalue weighted by molar-refractivity contribution is 5.95. The van der Waals surface area contributed by atoms with Crippen molar-refractivity contribution in [2.45, 2.75) is 45.4 Å². The molecule has 130 valence electrons. The predicted molar refractivity (Wildman–Crippen MR) is 93.7 cm³/mol. The number of aromatic nitrogens is 2. The van der Waals surface area contributed by atoms with E-state index in [1.807, 2.05) is 24.3 Å². The molecule has 5 heteroatoms. The molecule has 0 atom stereocenters. The fourth-order valence-electron chi connectivity index (χ4n) is 5.76. The van der Waals surface area contributed by atoms with Crippen LogP contribution in [0.25, 0.3) is 11.5 Å². The maximum atomic E-state index is 13.1. The van der Waals surface area contributed by atoms with Gasteiger partial charge in [-0.1, -0.05) is 0 Å². The van der Waals surface area contributed by atoms with Gasteiger partial charge >= 0.3 is 0 Å². The molecule has 1 aromatic carbocycles. The minimum atomic E-state index is -0.114. The molecule has 2 aromatic rings. The maximum Gasteiger partial charge on any atom is 0.247 e. The molecule has 1 N–H and O–H groups in total. The molecule has 0 radical (unpaired) electrons. The lowest BCUT2D eigenvalue weighted by atomic mass is 9.49. The number of nitrogens with one attached hydrogen (secondary N) is 1. The fourth-order valence-corrected chi connectivity index (χ4v) is 5.76. The van der Waals surface area contributed by atoms with Crippen molar-refractivity contribution in [1.82, 2.24) is 10.2 Å². The van der Waals surface area contributed by atoms with E-state index < -0.39 is 0 Å². The van der Waals surface area contributed by atoms with Crippen LogP contribution < -0.4 is 5.32 Å². The molecule has 4 aliphatic rings. The molecule has 5 nitrogen and oxygen atoms in total. The summed E-state index contributed by atoms with van der Waals surface area (Å²) in [6.07, 6.45) is 7.32. The fraction of sp³-hybridized carbons (Fsp3) is 0.550. The molecule has 4 aliphatic carbocycles. The van der Waals surface area contributed by atoms with Gasteiger partial charge in [0.05, 0.1) is 5.41 Å². The van der Waals surface area contributed by atoms with Gasteiger partial charge in [0.15, 0.2) is 0 Å². The molecule has 0 unspecified atom stereocenters. The molecule has 1 aromatic heterocycles. The standard InChI is InChI=1S/C20H23N3O2/c1-12-22-23-18(25-12)16-2-4-17(5-3-16)21-19(24)20-9-13-6-14(10-20)8-15(7-13)11-20/h2-5,13-15H,6-11H2,1H3,(H,21,24). The third kappa shape index (κ3) is 2.57. The molecule has 0 saturated heterocycles. The second-order valence-electron chi connectivity index (χ2n) is 8.36. The minimum absolute atomic E-state index is 0.114. The van der Waals surface area contributed by atoms with E-state index in [1.165, 1.54) is 19.3 Å². The molecule has 4 fully saturated rings. The average molecular weight is 337 g/mol. The number of hydrogen-bond acceptors (Lipinski definition) is 4. The zero-order valence-corrected chi connectivity index (χ0v) is 14.5. The highest BCUT2D eigenvalue weighted by atomic mass is 16.4. The van der Waals surface area contributed by atoms with Crippen LogP contribution in [0.5, 0.6) is 0 Å². The van der Waals surface area contributed by atoms with Gasteiger partial charge in [-0.2, -0.15) is 0 Å². The van der Waals surface area contributed by atoms with E-state index in [2.05, 4.69) is 15.5 Å². The van der Waals surface area contributed by atoms with E-state index in [1.54, 1.807) is 6.92 Å². The first-order valence-corrected chi connectivity index (χ1v) is 9.32. The van der Waals surface area contributed by atoms with E-state index in [-0.39, 0.29) is 11.3 Å².